The molecule has 0 saturated heterocycles. The first kappa shape index (κ1) is 9.69. The number of aromatic nitrogens is 1. The molecule has 1 amide bonds. The number of hydrogen-bond donors (Lipinski definition) is 1. The van der Waals surface area contributed by atoms with Gasteiger partial charge in [-0.25, -0.2) is 0 Å². The predicted molar refractivity (Wildman–Crippen MR) is 57.4 cm³/mol. The minimum absolute atomic E-state index is 0.252. The Morgan fingerprint density at radius 1 is 1.50 bits per heavy atom. The Hall–Kier alpha value is -1.52. The van der Waals surface area contributed by atoms with Gasteiger partial charge in [0.1, 0.15) is 5.76 Å². The van der Waals surface area contributed by atoms with E-state index in [1.54, 1.807) is 0 Å². The number of fused-ring (bicyclic) bond motifs is 1. The Kier molecular flexibility index (Phi) is 2.12. The molecule has 0 radical (unpaired) electrons. The third-order valence-corrected chi connectivity index (χ3v) is 3.62. The second kappa shape index (κ2) is 3.50. The minimum atomic E-state index is 0.252. The summed E-state index contributed by atoms with van der Waals surface area (Å²) >= 11 is 0. The van der Waals surface area contributed by atoms with E-state index in [0.29, 0.717) is 12.4 Å². The van der Waals surface area contributed by atoms with Gasteiger partial charge in [-0.3, -0.25) is 4.79 Å². The van der Waals surface area contributed by atoms with E-state index in [-0.39, 0.29) is 11.8 Å². The van der Waals surface area contributed by atoms with Crippen molar-refractivity contribution in [1.82, 2.24) is 10.1 Å². The van der Waals surface area contributed by atoms with Gasteiger partial charge in [0.25, 0.3) is 0 Å². The average Bonchev–Trinajstić information content (AvgIpc) is 2.57. The largest absolute Gasteiger partial charge is 0.381 e. The molecular formula is C11H15N3O2. The Labute approximate surface area is 93.6 Å². The SMILES string of the molecule is Nc1noc2c1CN(C(=O)C1CCC1)CC2. The van der Waals surface area contributed by atoms with Gasteiger partial charge in [-0.05, 0) is 12.8 Å². The maximum Gasteiger partial charge on any atom is 0.225 e. The summed E-state index contributed by atoms with van der Waals surface area (Å²) in [4.78, 5) is 13.9. The van der Waals surface area contributed by atoms with Crippen molar-refractivity contribution in [3.05, 3.63) is 11.3 Å². The zero-order valence-electron chi connectivity index (χ0n) is 9.11. The highest BCUT2D eigenvalue weighted by molar-refractivity contribution is 5.80. The summed E-state index contributed by atoms with van der Waals surface area (Å²) in [7, 11) is 0. The zero-order chi connectivity index (χ0) is 11.1. The molecule has 1 aliphatic carbocycles. The van der Waals surface area contributed by atoms with Crippen molar-refractivity contribution >= 4 is 11.7 Å². The summed E-state index contributed by atoms with van der Waals surface area (Å²) < 4.78 is 5.10. The van der Waals surface area contributed by atoms with E-state index in [9.17, 15) is 4.79 Å². The summed E-state index contributed by atoms with van der Waals surface area (Å²) in [6.07, 6.45) is 4.01. The van der Waals surface area contributed by atoms with E-state index in [1.807, 2.05) is 4.90 Å². The topological polar surface area (TPSA) is 72.4 Å². The van der Waals surface area contributed by atoms with Crippen LogP contribution in [0.1, 0.15) is 30.6 Å². The van der Waals surface area contributed by atoms with Crippen LogP contribution in [0.2, 0.25) is 0 Å². The highest BCUT2D eigenvalue weighted by Crippen LogP contribution is 2.31. The Bertz CT molecular complexity index is 423. The maximum atomic E-state index is 12.1. The van der Waals surface area contributed by atoms with Gasteiger partial charge in [0.2, 0.25) is 5.91 Å². The van der Waals surface area contributed by atoms with Crippen LogP contribution in [-0.2, 0) is 17.8 Å². The lowest BCUT2D eigenvalue weighted by atomic mass is 9.84. The number of amides is 1. The Morgan fingerprint density at radius 2 is 2.31 bits per heavy atom. The van der Waals surface area contributed by atoms with Gasteiger partial charge in [0.05, 0.1) is 12.1 Å². The number of nitrogens with zero attached hydrogens (tertiary/aromatic N) is 2. The van der Waals surface area contributed by atoms with Gasteiger partial charge in [-0.1, -0.05) is 11.6 Å². The number of carbonyl (C=O) groups is 1. The van der Waals surface area contributed by atoms with E-state index in [0.717, 1.165) is 37.1 Å². The fourth-order valence-corrected chi connectivity index (χ4v) is 2.33. The highest BCUT2D eigenvalue weighted by atomic mass is 16.5. The summed E-state index contributed by atoms with van der Waals surface area (Å²) in [5.41, 5.74) is 6.61. The molecule has 0 unspecified atom stereocenters. The van der Waals surface area contributed by atoms with Crippen molar-refractivity contribution in [3.8, 4) is 0 Å². The van der Waals surface area contributed by atoms with Crippen molar-refractivity contribution in [2.24, 2.45) is 5.92 Å². The molecule has 1 aromatic heterocycles. The van der Waals surface area contributed by atoms with Crippen molar-refractivity contribution in [2.45, 2.75) is 32.2 Å². The molecule has 5 heteroatoms. The molecule has 5 nitrogen and oxygen atoms in total. The monoisotopic (exact) mass is 221 g/mol. The van der Waals surface area contributed by atoms with Crippen molar-refractivity contribution < 1.29 is 9.32 Å². The minimum Gasteiger partial charge on any atom is -0.381 e. The maximum absolute atomic E-state index is 12.1. The van der Waals surface area contributed by atoms with Gasteiger partial charge in [-0.15, -0.1) is 0 Å². The lowest BCUT2D eigenvalue weighted by Gasteiger charge is -2.33. The van der Waals surface area contributed by atoms with Crippen LogP contribution < -0.4 is 5.73 Å². The molecule has 1 aliphatic heterocycles. The molecule has 2 aliphatic rings. The van der Waals surface area contributed by atoms with Crippen LogP contribution in [0.4, 0.5) is 5.82 Å². The van der Waals surface area contributed by atoms with E-state index in [2.05, 4.69) is 5.16 Å². The summed E-state index contributed by atoms with van der Waals surface area (Å²) in [6, 6.07) is 0. The normalized spacial score (nSPS) is 20.4. The lowest BCUT2D eigenvalue weighted by Crippen LogP contribution is -2.41. The first-order valence-corrected chi connectivity index (χ1v) is 5.77. The molecule has 0 bridgehead atoms. The highest BCUT2D eigenvalue weighted by Gasteiger charge is 2.32. The van der Waals surface area contributed by atoms with E-state index in [1.165, 1.54) is 6.42 Å². The fraction of sp³-hybridized carbons (Fsp3) is 0.636. The van der Waals surface area contributed by atoms with Crippen LogP contribution in [-0.4, -0.2) is 22.5 Å². The van der Waals surface area contributed by atoms with Gasteiger partial charge in [0, 0.05) is 18.9 Å². The lowest BCUT2D eigenvalue weighted by molar-refractivity contribution is -0.139. The number of hydrogen-bond acceptors (Lipinski definition) is 4. The Balaban J connectivity index is 1.76. The second-order valence-corrected chi connectivity index (χ2v) is 4.61. The third-order valence-electron chi connectivity index (χ3n) is 3.62. The van der Waals surface area contributed by atoms with Gasteiger partial charge < -0.3 is 15.2 Å². The molecule has 2 heterocycles. The number of nitrogens with two attached hydrogens (primary N) is 1. The first-order valence-electron chi connectivity index (χ1n) is 5.77. The average molecular weight is 221 g/mol. The predicted octanol–water partition coefficient (Wildman–Crippen LogP) is 0.942. The molecule has 1 aromatic rings. The molecule has 1 saturated carbocycles. The van der Waals surface area contributed by atoms with Gasteiger partial charge in [0.15, 0.2) is 5.82 Å². The zero-order valence-corrected chi connectivity index (χ0v) is 9.11. The number of carbonyl (C=O) groups excluding carboxylic acids is 1. The number of nitrogen functional groups attached to an aromatic ring is 1. The number of rotatable bonds is 1. The Morgan fingerprint density at radius 3 is 3.00 bits per heavy atom. The molecular weight excluding hydrogens is 206 g/mol. The van der Waals surface area contributed by atoms with Gasteiger partial charge >= 0.3 is 0 Å². The molecule has 0 aromatic carbocycles. The van der Waals surface area contributed by atoms with Crippen LogP contribution in [0.3, 0.4) is 0 Å². The molecule has 3 rings (SSSR count). The summed E-state index contributed by atoms with van der Waals surface area (Å²) in [6.45, 7) is 1.30. The molecule has 0 spiro atoms. The molecule has 2 N–H and O–H groups in total. The molecule has 1 fully saturated rings. The van der Waals surface area contributed by atoms with Gasteiger partial charge in [-0.2, -0.15) is 0 Å². The van der Waals surface area contributed by atoms with Crippen LogP contribution in [0, 0.1) is 5.92 Å². The van der Waals surface area contributed by atoms with Crippen molar-refractivity contribution in [2.75, 3.05) is 12.3 Å². The molecule has 0 atom stereocenters. The van der Waals surface area contributed by atoms with Crippen LogP contribution in [0.15, 0.2) is 4.52 Å². The quantitative estimate of drug-likeness (QED) is 0.766. The molecule has 86 valence electrons. The molecule has 16 heavy (non-hydrogen) atoms. The van der Waals surface area contributed by atoms with E-state index in [4.69, 9.17) is 10.3 Å². The first-order chi connectivity index (χ1) is 7.75. The third kappa shape index (κ3) is 1.38. The van der Waals surface area contributed by atoms with Crippen LogP contribution in [0.5, 0.6) is 0 Å². The number of anilines is 1. The smallest absolute Gasteiger partial charge is 0.225 e. The van der Waals surface area contributed by atoms with Crippen molar-refractivity contribution in [1.29, 1.82) is 0 Å². The summed E-state index contributed by atoms with van der Waals surface area (Å²) in [5.74, 6) is 1.80. The van der Waals surface area contributed by atoms with E-state index < -0.39 is 0 Å². The fourth-order valence-electron chi connectivity index (χ4n) is 2.33. The van der Waals surface area contributed by atoms with Crippen molar-refractivity contribution in [3.63, 3.8) is 0 Å². The van der Waals surface area contributed by atoms with Crippen LogP contribution in [0.25, 0.3) is 0 Å². The van der Waals surface area contributed by atoms with Crippen LogP contribution >= 0.6 is 0 Å². The second-order valence-electron chi connectivity index (χ2n) is 4.61. The summed E-state index contributed by atoms with van der Waals surface area (Å²) in [5, 5.41) is 3.74. The standard InChI is InChI=1S/C11H15N3O2/c12-10-8-6-14(5-4-9(8)16-13-10)11(15)7-2-1-3-7/h7H,1-6H2,(H2,12,13). The van der Waals surface area contributed by atoms with E-state index >= 15 is 0 Å².